The van der Waals surface area contributed by atoms with Gasteiger partial charge in [0.25, 0.3) is 5.91 Å². The van der Waals surface area contributed by atoms with Gasteiger partial charge in [0, 0.05) is 11.1 Å². The Morgan fingerprint density at radius 1 is 0.875 bits per heavy atom. The van der Waals surface area contributed by atoms with Gasteiger partial charge in [-0.3, -0.25) is 4.79 Å². The highest BCUT2D eigenvalue weighted by Gasteiger charge is 2.51. The average molecular weight is 426 g/mol. The van der Waals surface area contributed by atoms with E-state index in [-0.39, 0.29) is 5.91 Å². The predicted molar refractivity (Wildman–Crippen MR) is 129 cm³/mol. The van der Waals surface area contributed by atoms with Crippen LogP contribution in [0, 0.1) is 17.8 Å². The smallest absolute Gasteiger partial charge is 0.265 e. The van der Waals surface area contributed by atoms with Gasteiger partial charge < -0.3 is 10.1 Å². The minimum absolute atomic E-state index is 0.125. The van der Waals surface area contributed by atoms with Crippen LogP contribution in [0.15, 0.2) is 66.7 Å². The number of ether oxygens (including phenoxy) is 1. The van der Waals surface area contributed by atoms with Gasteiger partial charge in [-0.2, -0.15) is 0 Å². The summed E-state index contributed by atoms with van der Waals surface area (Å²) in [5, 5.41) is 5.18. The molecule has 3 aromatic carbocycles. The fourth-order valence-electron chi connectivity index (χ4n) is 7.16. The van der Waals surface area contributed by atoms with Gasteiger partial charge in [0.05, 0.1) is 0 Å². The van der Waals surface area contributed by atoms with Crippen LogP contribution < -0.4 is 10.1 Å². The molecular weight excluding hydrogens is 394 g/mol. The molecule has 4 aliphatic rings. The van der Waals surface area contributed by atoms with E-state index in [1.165, 1.54) is 44.1 Å². The molecule has 3 aromatic rings. The number of anilines is 1. The van der Waals surface area contributed by atoms with Crippen molar-refractivity contribution in [2.45, 2.75) is 57.0 Å². The lowest BCUT2D eigenvalue weighted by Crippen LogP contribution is -2.48. The average Bonchev–Trinajstić information content (AvgIpc) is 2.79. The van der Waals surface area contributed by atoms with Crippen LogP contribution in [0.5, 0.6) is 5.75 Å². The summed E-state index contributed by atoms with van der Waals surface area (Å²) in [4.78, 5) is 12.8. The lowest BCUT2D eigenvalue weighted by atomic mass is 9.48. The Morgan fingerprint density at radius 3 is 2.19 bits per heavy atom. The van der Waals surface area contributed by atoms with Crippen LogP contribution in [-0.4, -0.2) is 12.0 Å². The maximum Gasteiger partial charge on any atom is 0.265 e. The summed E-state index contributed by atoms with van der Waals surface area (Å²) in [6.45, 7) is 1.81. The Labute approximate surface area is 190 Å². The van der Waals surface area contributed by atoms with E-state index in [0.29, 0.717) is 5.41 Å². The standard InChI is InChI=1S/C29H31NO2/c1-19(32-27-8-4-6-23-5-2-3-7-26(23)27)28(31)30-25-11-9-24(10-12-25)29-16-20-13-21(17-29)15-22(14-20)18-29/h2-12,19-22H,13-18H2,1H3,(H,30,31)/t19-,20?,21?,22?,29?/m1/s1. The largest absolute Gasteiger partial charge is 0.480 e. The summed E-state index contributed by atoms with van der Waals surface area (Å²) in [6, 6.07) is 22.7. The van der Waals surface area contributed by atoms with Gasteiger partial charge in [0.1, 0.15) is 5.75 Å². The molecule has 0 heterocycles. The van der Waals surface area contributed by atoms with Gasteiger partial charge in [-0.15, -0.1) is 0 Å². The molecule has 164 valence electrons. The molecule has 0 radical (unpaired) electrons. The van der Waals surface area contributed by atoms with Gasteiger partial charge in [-0.1, -0.05) is 48.5 Å². The van der Waals surface area contributed by atoms with Gasteiger partial charge in [-0.05, 0) is 97.8 Å². The normalized spacial score (nSPS) is 29.1. The first-order valence-corrected chi connectivity index (χ1v) is 12.1. The molecule has 4 fully saturated rings. The van der Waals surface area contributed by atoms with Crippen molar-refractivity contribution in [2.24, 2.45) is 17.8 Å². The monoisotopic (exact) mass is 425 g/mol. The summed E-state index contributed by atoms with van der Waals surface area (Å²) < 4.78 is 6.04. The molecule has 0 spiro atoms. The van der Waals surface area contributed by atoms with E-state index in [1.54, 1.807) is 6.92 Å². The molecule has 32 heavy (non-hydrogen) atoms. The van der Waals surface area contributed by atoms with Gasteiger partial charge in [0.2, 0.25) is 0 Å². The second kappa shape index (κ2) is 7.65. The van der Waals surface area contributed by atoms with Crippen molar-refractivity contribution < 1.29 is 9.53 Å². The number of hydrogen-bond donors (Lipinski definition) is 1. The van der Waals surface area contributed by atoms with Crippen LogP contribution in [0.3, 0.4) is 0 Å². The first-order valence-electron chi connectivity index (χ1n) is 12.1. The summed E-state index contributed by atoms with van der Waals surface area (Å²) in [5.74, 6) is 3.43. The van der Waals surface area contributed by atoms with Crippen LogP contribution in [0.1, 0.15) is 51.0 Å². The van der Waals surface area contributed by atoms with Crippen LogP contribution in [0.4, 0.5) is 5.69 Å². The van der Waals surface area contributed by atoms with E-state index >= 15 is 0 Å². The van der Waals surface area contributed by atoms with Crippen molar-refractivity contribution in [3.05, 3.63) is 72.3 Å². The van der Waals surface area contributed by atoms with Gasteiger partial charge >= 0.3 is 0 Å². The molecule has 4 aliphatic carbocycles. The Hall–Kier alpha value is -2.81. The minimum atomic E-state index is -0.580. The van der Waals surface area contributed by atoms with Crippen molar-refractivity contribution in [2.75, 3.05) is 5.32 Å². The maximum absolute atomic E-state index is 12.8. The van der Waals surface area contributed by atoms with E-state index in [0.717, 1.165) is 40.0 Å². The molecule has 3 heteroatoms. The molecule has 1 atom stereocenters. The van der Waals surface area contributed by atoms with Crippen molar-refractivity contribution in [3.8, 4) is 5.75 Å². The molecule has 0 unspecified atom stereocenters. The number of rotatable bonds is 5. The SMILES string of the molecule is C[C@@H](Oc1cccc2ccccc12)C(=O)Nc1ccc(C23CC4CC(CC(C4)C2)C3)cc1. The van der Waals surface area contributed by atoms with Crippen LogP contribution in [0.2, 0.25) is 0 Å². The number of benzene rings is 3. The lowest BCUT2D eigenvalue weighted by molar-refractivity contribution is -0.122. The van der Waals surface area contributed by atoms with E-state index in [4.69, 9.17) is 4.74 Å². The number of hydrogen-bond acceptors (Lipinski definition) is 2. The molecule has 3 nitrogen and oxygen atoms in total. The summed E-state index contributed by atoms with van der Waals surface area (Å²) in [7, 11) is 0. The highest BCUT2D eigenvalue weighted by molar-refractivity contribution is 5.95. The third-order valence-corrected chi connectivity index (χ3v) is 8.23. The van der Waals surface area contributed by atoms with E-state index in [2.05, 4.69) is 41.7 Å². The second-order valence-electron chi connectivity index (χ2n) is 10.5. The number of fused-ring (bicyclic) bond motifs is 1. The zero-order valence-electron chi connectivity index (χ0n) is 18.7. The van der Waals surface area contributed by atoms with E-state index in [9.17, 15) is 4.79 Å². The third-order valence-electron chi connectivity index (χ3n) is 8.23. The Morgan fingerprint density at radius 2 is 1.50 bits per heavy atom. The fraction of sp³-hybridized carbons (Fsp3) is 0.414. The van der Waals surface area contributed by atoms with Crippen molar-refractivity contribution in [3.63, 3.8) is 0 Å². The third kappa shape index (κ3) is 3.48. The summed E-state index contributed by atoms with van der Waals surface area (Å²) >= 11 is 0. The topological polar surface area (TPSA) is 38.3 Å². The first kappa shape index (κ1) is 19.8. The number of carbonyl (C=O) groups excluding carboxylic acids is 1. The first-order chi connectivity index (χ1) is 15.6. The van der Waals surface area contributed by atoms with Gasteiger partial charge in [0.15, 0.2) is 6.10 Å². The van der Waals surface area contributed by atoms with Crippen LogP contribution in [-0.2, 0) is 10.2 Å². The highest BCUT2D eigenvalue weighted by atomic mass is 16.5. The van der Waals surface area contributed by atoms with Gasteiger partial charge in [-0.25, -0.2) is 0 Å². The molecule has 4 bridgehead atoms. The van der Waals surface area contributed by atoms with Crippen LogP contribution in [0.25, 0.3) is 10.8 Å². The van der Waals surface area contributed by atoms with Crippen molar-refractivity contribution >= 4 is 22.4 Å². The van der Waals surface area contributed by atoms with E-state index < -0.39 is 6.10 Å². The second-order valence-corrected chi connectivity index (χ2v) is 10.5. The van der Waals surface area contributed by atoms with Crippen molar-refractivity contribution in [1.82, 2.24) is 0 Å². The van der Waals surface area contributed by atoms with Crippen molar-refractivity contribution in [1.29, 1.82) is 0 Å². The maximum atomic E-state index is 12.8. The molecule has 7 rings (SSSR count). The fourth-order valence-corrected chi connectivity index (χ4v) is 7.16. The zero-order chi connectivity index (χ0) is 21.7. The minimum Gasteiger partial charge on any atom is -0.480 e. The van der Waals surface area contributed by atoms with E-state index in [1.807, 2.05) is 30.3 Å². The Kier molecular flexibility index (Phi) is 4.74. The van der Waals surface area contributed by atoms with Crippen LogP contribution >= 0.6 is 0 Å². The molecule has 0 aliphatic heterocycles. The molecule has 0 saturated heterocycles. The quantitative estimate of drug-likeness (QED) is 0.493. The molecule has 4 saturated carbocycles. The molecular formula is C29H31NO2. The predicted octanol–water partition coefficient (Wildman–Crippen LogP) is 6.71. The summed E-state index contributed by atoms with van der Waals surface area (Å²) in [6.07, 6.45) is 7.89. The number of amides is 1. The summed E-state index contributed by atoms with van der Waals surface area (Å²) in [5.41, 5.74) is 2.72. The highest BCUT2D eigenvalue weighted by Crippen LogP contribution is 2.60. The molecule has 0 aromatic heterocycles. The molecule has 1 amide bonds. The Bertz CT molecular complexity index is 1110. The number of nitrogens with one attached hydrogen (secondary N) is 1. The molecule has 1 N–H and O–H groups in total. The number of carbonyl (C=O) groups is 1. The zero-order valence-corrected chi connectivity index (χ0v) is 18.7. The Balaban J connectivity index is 1.14. The lowest BCUT2D eigenvalue weighted by Gasteiger charge is -2.57.